The summed E-state index contributed by atoms with van der Waals surface area (Å²) in [6.45, 7) is 4.83. The van der Waals surface area contributed by atoms with E-state index in [1.54, 1.807) is 36.3 Å². The third kappa shape index (κ3) is 9.24. The van der Waals surface area contributed by atoms with Gasteiger partial charge in [-0.05, 0) is 49.1 Å². The van der Waals surface area contributed by atoms with Crippen LogP contribution >= 0.6 is 0 Å². The Hall–Kier alpha value is -3.27. The summed E-state index contributed by atoms with van der Waals surface area (Å²) >= 11 is 0. The van der Waals surface area contributed by atoms with Crippen molar-refractivity contribution in [2.75, 3.05) is 37.9 Å². The maximum absolute atomic E-state index is 13.5. The Morgan fingerprint density at radius 3 is 2.24 bits per heavy atom. The fraction of sp³-hybridized carbons (Fsp3) is 0.500. The van der Waals surface area contributed by atoms with Crippen LogP contribution in [0.15, 0.2) is 48.5 Å². The van der Waals surface area contributed by atoms with Gasteiger partial charge in [-0.1, -0.05) is 38.5 Å². The first-order valence-electron chi connectivity index (χ1n) is 13.0. The van der Waals surface area contributed by atoms with Crippen LogP contribution in [-0.2, 0) is 26.2 Å². The molecule has 0 heterocycles. The molecule has 0 fully saturated rings. The summed E-state index contributed by atoms with van der Waals surface area (Å²) in [6.07, 6.45) is 3.76. The van der Waals surface area contributed by atoms with E-state index < -0.39 is 16.1 Å². The number of anilines is 1. The van der Waals surface area contributed by atoms with Crippen LogP contribution in [0.3, 0.4) is 0 Å². The maximum Gasteiger partial charge on any atom is 0.242 e. The number of sulfonamides is 1. The zero-order valence-electron chi connectivity index (χ0n) is 23.1. The van der Waals surface area contributed by atoms with Gasteiger partial charge in [-0.3, -0.25) is 13.9 Å². The lowest BCUT2D eigenvalue weighted by atomic mass is 10.1. The molecular formula is C28H41N3O6S. The summed E-state index contributed by atoms with van der Waals surface area (Å²) in [7, 11) is -0.497. The highest BCUT2D eigenvalue weighted by Crippen LogP contribution is 2.24. The van der Waals surface area contributed by atoms with E-state index in [1.165, 1.54) is 11.4 Å². The molecule has 0 saturated carbocycles. The zero-order chi connectivity index (χ0) is 28.1. The smallest absolute Gasteiger partial charge is 0.242 e. The molecule has 0 radical (unpaired) electrons. The van der Waals surface area contributed by atoms with E-state index >= 15 is 0 Å². The molecule has 2 amide bonds. The summed E-state index contributed by atoms with van der Waals surface area (Å²) in [6, 6.07) is 13.5. The number of nitrogens with one attached hydrogen (secondary N) is 1. The van der Waals surface area contributed by atoms with Crippen LogP contribution < -0.4 is 19.1 Å². The number of methoxy groups -OCH3 is 2. The van der Waals surface area contributed by atoms with Gasteiger partial charge in [0.1, 0.15) is 17.5 Å². The van der Waals surface area contributed by atoms with Gasteiger partial charge in [0.25, 0.3) is 0 Å². The van der Waals surface area contributed by atoms with Gasteiger partial charge in [-0.25, -0.2) is 8.42 Å². The van der Waals surface area contributed by atoms with Crippen molar-refractivity contribution in [2.24, 2.45) is 0 Å². The van der Waals surface area contributed by atoms with Crippen LogP contribution in [0.1, 0.15) is 51.5 Å². The molecule has 38 heavy (non-hydrogen) atoms. The van der Waals surface area contributed by atoms with E-state index in [9.17, 15) is 18.0 Å². The quantitative estimate of drug-likeness (QED) is 0.319. The van der Waals surface area contributed by atoms with Crippen molar-refractivity contribution in [3.63, 3.8) is 0 Å². The molecule has 0 aliphatic carbocycles. The average molecular weight is 548 g/mol. The number of carbonyl (C=O) groups is 2. The van der Waals surface area contributed by atoms with E-state index in [-0.39, 0.29) is 37.7 Å². The lowest BCUT2D eigenvalue weighted by molar-refractivity contribution is -0.141. The predicted molar refractivity (Wildman–Crippen MR) is 150 cm³/mol. The standard InChI is InChI=1S/C28H41N3O6S/c1-6-8-17-29-28(33)26(7-2)30(21-22-12-9-14-24(19-22)36-3)27(32)16-11-18-31(38(5,34)35)23-13-10-15-25(20-23)37-4/h9-10,12-15,19-20,26H,6-8,11,16-18,21H2,1-5H3,(H,29,33). The third-order valence-electron chi connectivity index (χ3n) is 6.20. The number of benzene rings is 2. The van der Waals surface area contributed by atoms with Crippen molar-refractivity contribution < 1.29 is 27.5 Å². The van der Waals surface area contributed by atoms with Gasteiger partial charge in [0.05, 0.1) is 26.2 Å². The van der Waals surface area contributed by atoms with Crippen LogP contribution in [0, 0.1) is 0 Å². The van der Waals surface area contributed by atoms with Crippen molar-refractivity contribution >= 4 is 27.5 Å². The molecule has 9 nitrogen and oxygen atoms in total. The molecule has 1 N–H and O–H groups in total. The number of amides is 2. The minimum absolute atomic E-state index is 0.0820. The number of carbonyl (C=O) groups excluding carboxylic acids is 2. The van der Waals surface area contributed by atoms with Crippen molar-refractivity contribution in [1.29, 1.82) is 0 Å². The lowest BCUT2D eigenvalue weighted by Gasteiger charge is -2.31. The second-order valence-electron chi connectivity index (χ2n) is 9.08. The van der Waals surface area contributed by atoms with Crippen molar-refractivity contribution in [3.8, 4) is 11.5 Å². The van der Waals surface area contributed by atoms with Crippen LogP contribution in [0.4, 0.5) is 5.69 Å². The summed E-state index contributed by atoms with van der Waals surface area (Å²) in [5, 5.41) is 2.95. The summed E-state index contributed by atoms with van der Waals surface area (Å²) in [4.78, 5) is 28.2. The largest absolute Gasteiger partial charge is 0.497 e. The molecule has 2 rings (SSSR count). The molecule has 0 saturated heterocycles. The second-order valence-corrected chi connectivity index (χ2v) is 11.0. The van der Waals surface area contributed by atoms with Crippen LogP contribution in [-0.4, -0.2) is 64.7 Å². The van der Waals surface area contributed by atoms with Crippen LogP contribution in [0.25, 0.3) is 0 Å². The lowest BCUT2D eigenvalue weighted by Crippen LogP contribution is -2.49. The minimum atomic E-state index is -3.59. The molecule has 0 aliphatic rings. The molecule has 2 aromatic rings. The van der Waals surface area contributed by atoms with E-state index in [0.29, 0.717) is 30.2 Å². The predicted octanol–water partition coefficient (Wildman–Crippen LogP) is 3.97. The highest BCUT2D eigenvalue weighted by Gasteiger charge is 2.29. The van der Waals surface area contributed by atoms with Gasteiger partial charge in [0.15, 0.2) is 0 Å². The second kappa shape index (κ2) is 15.2. The number of hydrogen-bond donors (Lipinski definition) is 1. The molecule has 0 aliphatic heterocycles. The van der Waals surface area contributed by atoms with Gasteiger partial charge < -0.3 is 19.7 Å². The molecule has 2 aromatic carbocycles. The third-order valence-corrected chi connectivity index (χ3v) is 7.39. The Bertz CT molecular complexity index is 1150. The van der Waals surface area contributed by atoms with Gasteiger partial charge in [-0.2, -0.15) is 0 Å². The zero-order valence-corrected chi connectivity index (χ0v) is 23.9. The molecule has 0 bridgehead atoms. The molecule has 0 spiro atoms. The molecule has 210 valence electrons. The Balaban J connectivity index is 2.23. The Labute approximate surface area is 227 Å². The molecule has 10 heteroatoms. The van der Waals surface area contributed by atoms with E-state index in [4.69, 9.17) is 9.47 Å². The van der Waals surface area contributed by atoms with Crippen molar-refractivity contribution in [1.82, 2.24) is 10.2 Å². The normalized spacial score (nSPS) is 11.9. The molecule has 0 aromatic heterocycles. The highest BCUT2D eigenvalue weighted by molar-refractivity contribution is 7.92. The summed E-state index contributed by atoms with van der Waals surface area (Å²) < 4.78 is 36.9. The fourth-order valence-electron chi connectivity index (χ4n) is 4.16. The Morgan fingerprint density at radius 2 is 1.63 bits per heavy atom. The molecule has 1 atom stereocenters. The van der Waals surface area contributed by atoms with Gasteiger partial charge in [0, 0.05) is 32.1 Å². The maximum atomic E-state index is 13.5. The number of unbranched alkanes of at least 4 members (excludes halogenated alkanes) is 1. The SMILES string of the molecule is CCCCNC(=O)C(CC)N(Cc1cccc(OC)c1)C(=O)CCCN(c1cccc(OC)c1)S(C)(=O)=O. The highest BCUT2D eigenvalue weighted by atomic mass is 32.2. The van der Waals surface area contributed by atoms with Gasteiger partial charge in [0.2, 0.25) is 21.8 Å². The average Bonchev–Trinajstić information content (AvgIpc) is 2.90. The molecule has 1 unspecified atom stereocenters. The summed E-state index contributed by atoms with van der Waals surface area (Å²) in [5.41, 5.74) is 1.31. The van der Waals surface area contributed by atoms with Crippen LogP contribution in [0.5, 0.6) is 11.5 Å². The van der Waals surface area contributed by atoms with Crippen molar-refractivity contribution in [3.05, 3.63) is 54.1 Å². The number of hydrogen-bond acceptors (Lipinski definition) is 6. The molecular weight excluding hydrogens is 506 g/mol. The van der Waals surface area contributed by atoms with Gasteiger partial charge in [-0.15, -0.1) is 0 Å². The Morgan fingerprint density at radius 1 is 0.974 bits per heavy atom. The number of ether oxygens (including phenoxy) is 2. The topological polar surface area (TPSA) is 105 Å². The Kier molecular flexibility index (Phi) is 12.4. The number of nitrogens with zero attached hydrogens (tertiary/aromatic N) is 2. The summed E-state index contributed by atoms with van der Waals surface area (Å²) in [5.74, 6) is 0.796. The van der Waals surface area contributed by atoms with Gasteiger partial charge >= 0.3 is 0 Å². The first-order chi connectivity index (χ1) is 18.1. The minimum Gasteiger partial charge on any atom is -0.497 e. The first-order valence-corrected chi connectivity index (χ1v) is 14.8. The van der Waals surface area contributed by atoms with E-state index in [2.05, 4.69) is 5.32 Å². The van der Waals surface area contributed by atoms with E-state index in [1.807, 2.05) is 38.1 Å². The monoisotopic (exact) mass is 547 g/mol. The first kappa shape index (κ1) is 31.0. The van der Waals surface area contributed by atoms with Crippen molar-refractivity contribution in [2.45, 2.75) is 58.5 Å². The van der Waals surface area contributed by atoms with E-state index in [0.717, 1.165) is 24.7 Å². The van der Waals surface area contributed by atoms with Crippen LogP contribution in [0.2, 0.25) is 0 Å². The fourth-order valence-corrected chi connectivity index (χ4v) is 5.12. The number of rotatable bonds is 16.